The maximum Gasteiger partial charge on any atom is 0.253 e. The lowest BCUT2D eigenvalue weighted by atomic mass is 10.1. The number of nitrogens with two attached hydrogens (primary N) is 1. The van der Waals surface area contributed by atoms with Gasteiger partial charge in [-0.25, -0.2) is 13.6 Å². The Morgan fingerprint density at radius 2 is 2.00 bits per heavy atom. The monoisotopic (exact) mass is 282 g/mol. The van der Waals surface area contributed by atoms with Crippen LogP contribution in [0.4, 0.5) is 0 Å². The highest BCUT2D eigenvalue weighted by Crippen LogP contribution is 2.21. The quantitative estimate of drug-likeness (QED) is 0.904. The topological polar surface area (TPSA) is 80.5 Å². The Bertz CT molecular complexity index is 566. The Balaban J connectivity index is 2.13. The van der Waals surface area contributed by atoms with Crippen molar-refractivity contribution in [2.45, 2.75) is 24.7 Å². The summed E-state index contributed by atoms with van der Waals surface area (Å²) >= 11 is 0. The summed E-state index contributed by atoms with van der Waals surface area (Å²) < 4.78 is 22.3. The molecule has 0 aromatic heterocycles. The van der Waals surface area contributed by atoms with Gasteiger partial charge in [0, 0.05) is 18.7 Å². The maximum atomic E-state index is 12.2. The molecule has 1 aromatic rings. The molecule has 1 aromatic carbocycles. The number of nitrogens with zero attached hydrogens (tertiary/aromatic N) is 1. The van der Waals surface area contributed by atoms with E-state index in [0.717, 1.165) is 25.9 Å². The molecular weight excluding hydrogens is 264 g/mol. The molecule has 1 fully saturated rings. The van der Waals surface area contributed by atoms with Crippen LogP contribution in [0.25, 0.3) is 0 Å². The van der Waals surface area contributed by atoms with E-state index in [2.05, 4.69) is 6.92 Å². The zero-order valence-corrected chi connectivity index (χ0v) is 11.7. The fourth-order valence-corrected chi connectivity index (χ4v) is 2.84. The van der Waals surface area contributed by atoms with E-state index in [0.29, 0.717) is 11.5 Å². The third-order valence-corrected chi connectivity index (χ3v) is 4.51. The molecule has 2 N–H and O–H groups in total. The van der Waals surface area contributed by atoms with Crippen molar-refractivity contribution in [1.82, 2.24) is 4.90 Å². The van der Waals surface area contributed by atoms with Crippen molar-refractivity contribution in [3.63, 3.8) is 0 Å². The van der Waals surface area contributed by atoms with Gasteiger partial charge in [-0.05, 0) is 36.6 Å². The van der Waals surface area contributed by atoms with Crippen molar-refractivity contribution < 1.29 is 13.2 Å². The van der Waals surface area contributed by atoms with Crippen LogP contribution in [-0.4, -0.2) is 32.3 Å². The van der Waals surface area contributed by atoms with Gasteiger partial charge in [0.25, 0.3) is 5.91 Å². The molecule has 0 spiro atoms. The molecule has 1 aliphatic rings. The van der Waals surface area contributed by atoms with Crippen LogP contribution in [0, 0.1) is 5.92 Å². The van der Waals surface area contributed by atoms with Gasteiger partial charge in [-0.2, -0.15) is 0 Å². The van der Waals surface area contributed by atoms with E-state index in [1.165, 1.54) is 24.3 Å². The van der Waals surface area contributed by atoms with Crippen LogP contribution in [0.2, 0.25) is 0 Å². The Kier molecular flexibility index (Phi) is 3.91. The summed E-state index contributed by atoms with van der Waals surface area (Å²) in [4.78, 5) is 14.1. The number of hydrogen-bond acceptors (Lipinski definition) is 3. The second kappa shape index (κ2) is 5.30. The number of carbonyl (C=O) groups excluding carboxylic acids is 1. The summed E-state index contributed by atoms with van der Waals surface area (Å²) in [6, 6.07) is 5.77. The van der Waals surface area contributed by atoms with Gasteiger partial charge in [0.1, 0.15) is 0 Å². The lowest BCUT2D eigenvalue weighted by Crippen LogP contribution is -2.28. The van der Waals surface area contributed by atoms with Gasteiger partial charge in [-0.3, -0.25) is 4.79 Å². The van der Waals surface area contributed by atoms with Crippen LogP contribution in [0.3, 0.4) is 0 Å². The number of rotatable bonds is 3. The van der Waals surface area contributed by atoms with Crippen LogP contribution < -0.4 is 5.14 Å². The fraction of sp³-hybridized carbons (Fsp3) is 0.462. The lowest BCUT2D eigenvalue weighted by molar-refractivity contribution is 0.0787. The highest BCUT2D eigenvalue weighted by Gasteiger charge is 2.25. The molecule has 5 nitrogen and oxygen atoms in total. The number of hydrogen-bond donors (Lipinski definition) is 1. The third kappa shape index (κ3) is 3.13. The summed E-state index contributed by atoms with van der Waals surface area (Å²) in [6.45, 7) is 3.68. The van der Waals surface area contributed by atoms with Crippen LogP contribution >= 0.6 is 0 Å². The van der Waals surface area contributed by atoms with E-state index >= 15 is 0 Å². The SMILES string of the molecule is CCC1CCN(C(=O)c2ccc(S(N)(=O)=O)cc2)C1. The minimum absolute atomic E-state index is 0.0249. The van der Waals surface area contributed by atoms with Gasteiger partial charge in [0.2, 0.25) is 10.0 Å². The molecule has 1 aliphatic heterocycles. The molecule has 1 amide bonds. The normalized spacial score (nSPS) is 19.7. The second-order valence-corrected chi connectivity index (χ2v) is 6.44. The van der Waals surface area contributed by atoms with Crippen molar-refractivity contribution in [2.24, 2.45) is 11.1 Å². The molecule has 104 valence electrons. The summed E-state index contributed by atoms with van der Waals surface area (Å²) in [6.07, 6.45) is 2.12. The first-order chi connectivity index (χ1) is 8.91. The zero-order chi connectivity index (χ0) is 14.0. The minimum atomic E-state index is -3.70. The van der Waals surface area contributed by atoms with Crippen molar-refractivity contribution in [2.75, 3.05) is 13.1 Å². The standard InChI is InChI=1S/C13H18N2O3S/c1-2-10-7-8-15(9-10)13(16)11-3-5-12(6-4-11)19(14,17)18/h3-6,10H,2,7-9H2,1H3,(H2,14,17,18). The number of sulfonamides is 1. The largest absolute Gasteiger partial charge is 0.338 e. The summed E-state index contributed by atoms with van der Waals surface area (Å²) in [7, 11) is -3.70. The van der Waals surface area contributed by atoms with E-state index in [1.54, 1.807) is 0 Å². The van der Waals surface area contributed by atoms with E-state index in [9.17, 15) is 13.2 Å². The number of primary sulfonamides is 1. The molecule has 2 rings (SSSR count). The van der Waals surface area contributed by atoms with E-state index in [-0.39, 0.29) is 10.8 Å². The van der Waals surface area contributed by atoms with Gasteiger partial charge < -0.3 is 4.90 Å². The molecule has 1 heterocycles. The highest BCUT2D eigenvalue weighted by atomic mass is 32.2. The van der Waals surface area contributed by atoms with Gasteiger partial charge in [-0.15, -0.1) is 0 Å². The van der Waals surface area contributed by atoms with Crippen LogP contribution in [0.1, 0.15) is 30.1 Å². The first-order valence-corrected chi connectivity index (χ1v) is 7.88. The van der Waals surface area contributed by atoms with E-state index in [4.69, 9.17) is 5.14 Å². The van der Waals surface area contributed by atoms with Gasteiger partial charge >= 0.3 is 0 Å². The van der Waals surface area contributed by atoms with Crippen molar-refractivity contribution in [3.05, 3.63) is 29.8 Å². The van der Waals surface area contributed by atoms with Crippen molar-refractivity contribution >= 4 is 15.9 Å². The number of likely N-dealkylation sites (tertiary alicyclic amines) is 1. The van der Waals surface area contributed by atoms with Crippen LogP contribution in [-0.2, 0) is 10.0 Å². The van der Waals surface area contributed by atoms with Gasteiger partial charge in [-0.1, -0.05) is 13.3 Å². The van der Waals surface area contributed by atoms with E-state index in [1.807, 2.05) is 4.90 Å². The Morgan fingerprint density at radius 3 is 2.47 bits per heavy atom. The predicted octanol–water partition coefficient (Wildman–Crippen LogP) is 1.21. The van der Waals surface area contributed by atoms with Crippen LogP contribution in [0.15, 0.2) is 29.2 Å². The summed E-state index contributed by atoms with van der Waals surface area (Å²) in [5.74, 6) is 0.532. The third-order valence-electron chi connectivity index (χ3n) is 3.58. The molecule has 1 atom stereocenters. The molecule has 6 heteroatoms. The molecule has 0 saturated carbocycles. The molecule has 0 bridgehead atoms. The first kappa shape index (κ1) is 14.0. The zero-order valence-electron chi connectivity index (χ0n) is 10.9. The smallest absolute Gasteiger partial charge is 0.253 e. The molecule has 19 heavy (non-hydrogen) atoms. The number of amides is 1. The lowest BCUT2D eigenvalue weighted by Gasteiger charge is -2.16. The Morgan fingerprint density at radius 1 is 1.37 bits per heavy atom. The second-order valence-electron chi connectivity index (χ2n) is 4.88. The van der Waals surface area contributed by atoms with E-state index < -0.39 is 10.0 Å². The Hall–Kier alpha value is -1.40. The molecule has 1 saturated heterocycles. The first-order valence-electron chi connectivity index (χ1n) is 6.34. The predicted molar refractivity (Wildman–Crippen MR) is 72.1 cm³/mol. The minimum Gasteiger partial charge on any atom is -0.338 e. The number of carbonyl (C=O) groups is 1. The fourth-order valence-electron chi connectivity index (χ4n) is 2.32. The van der Waals surface area contributed by atoms with Crippen molar-refractivity contribution in [1.29, 1.82) is 0 Å². The molecule has 1 unspecified atom stereocenters. The summed E-state index contributed by atoms with van der Waals surface area (Å²) in [5, 5.41) is 5.02. The van der Waals surface area contributed by atoms with Gasteiger partial charge in [0.15, 0.2) is 0 Å². The highest BCUT2D eigenvalue weighted by molar-refractivity contribution is 7.89. The van der Waals surface area contributed by atoms with Crippen molar-refractivity contribution in [3.8, 4) is 0 Å². The summed E-state index contributed by atoms with van der Waals surface area (Å²) in [5.41, 5.74) is 0.504. The Labute approximate surface area is 113 Å². The molecular formula is C13H18N2O3S. The van der Waals surface area contributed by atoms with Crippen LogP contribution in [0.5, 0.6) is 0 Å². The average molecular weight is 282 g/mol. The van der Waals surface area contributed by atoms with Gasteiger partial charge in [0.05, 0.1) is 4.90 Å². The number of benzene rings is 1. The average Bonchev–Trinajstić information content (AvgIpc) is 2.86. The molecule has 0 aliphatic carbocycles. The molecule has 0 radical (unpaired) electrons. The maximum absolute atomic E-state index is 12.2.